The van der Waals surface area contributed by atoms with E-state index in [1.54, 1.807) is 11.8 Å². The van der Waals surface area contributed by atoms with Crippen molar-refractivity contribution in [2.45, 2.75) is 56.4 Å². The number of aryl methyl sites for hydroxylation is 4. The lowest BCUT2D eigenvalue weighted by Gasteiger charge is -2.07. The minimum Gasteiger partial charge on any atom is -0.310 e. The number of aromatic nitrogens is 4. The van der Waals surface area contributed by atoms with Crippen molar-refractivity contribution in [1.82, 2.24) is 25.1 Å². The molecule has 2 aromatic rings. The lowest BCUT2D eigenvalue weighted by Crippen LogP contribution is -2.16. The van der Waals surface area contributed by atoms with E-state index < -0.39 is 0 Å². The molecule has 0 aromatic carbocycles. The first-order chi connectivity index (χ1) is 10.0. The van der Waals surface area contributed by atoms with E-state index in [1.165, 1.54) is 18.4 Å². The number of nitrogens with one attached hydrogen (secondary N) is 1. The van der Waals surface area contributed by atoms with E-state index in [-0.39, 0.29) is 0 Å². The number of hydrogen-bond acceptors (Lipinski definition) is 5. The Kier molecular flexibility index (Phi) is 3.99. The third kappa shape index (κ3) is 3.44. The van der Waals surface area contributed by atoms with Gasteiger partial charge in [-0.15, -0.1) is 0 Å². The highest BCUT2D eigenvalue weighted by Crippen LogP contribution is 2.30. The lowest BCUT2D eigenvalue weighted by atomic mass is 10.2. The first-order valence-electron chi connectivity index (χ1n) is 7.29. The summed E-state index contributed by atoms with van der Waals surface area (Å²) < 4.78 is 1.94. The molecule has 0 spiro atoms. The Hall–Kier alpha value is -1.40. The summed E-state index contributed by atoms with van der Waals surface area (Å²) in [6.07, 6.45) is 2.59. The standard InChI is InChI=1S/C15H21N5S/c1-9-7-10(2)18-15(17-9)21-14-13(8-16-12-5-6-12)11(3)19-20(14)4/h7,12,16H,5-6,8H2,1-4H3. The van der Waals surface area contributed by atoms with Crippen molar-refractivity contribution in [3.8, 4) is 0 Å². The van der Waals surface area contributed by atoms with Gasteiger partial charge in [-0.1, -0.05) is 0 Å². The smallest absolute Gasteiger partial charge is 0.194 e. The average molecular weight is 303 g/mol. The molecule has 1 aliphatic rings. The molecule has 2 aromatic heterocycles. The van der Waals surface area contributed by atoms with Crippen molar-refractivity contribution in [2.24, 2.45) is 7.05 Å². The van der Waals surface area contributed by atoms with Gasteiger partial charge in [0.15, 0.2) is 5.16 Å². The van der Waals surface area contributed by atoms with Crippen LogP contribution in [0.25, 0.3) is 0 Å². The van der Waals surface area contributed by atoms with Crippen LogP contribution in [0.2, 0.25) is 0 Å². The summed E-state index contributed by atoms with van der Waals surface area (Å²) in [5, 5.41) is 10.0. The molecule has 1 aliphatic carbocycles. The van der Waals surface area contributed by atoms with Crippen LogP contribution in [0.4, 0.5) is 0 Å². The Labute approximate surface area is 129 Å². The zero-order valence-corrected chi connectivity index (χ0v) is 13.8. The van der Waals surface area contributed by atoms with Crippen LogP contribution >= 0.6 is 11.8 Å². The summed E-state index contributed by atoms with van der Waals surface area (Å²) in [7, 11) is 1.98. The van der Waals surface area contributed by atoms with E-state index in [4.69, 9.17) is 0 Å². The van der Waals surface area contributed by atoms with Gasteiger partial charge in [0, 0.05) is 36.6 Å². The topological polar surface area (TPSA) is 55.6 Å². The minimum absolute atomic E-state index is 0.694. The molecule has 3 rings (SSSR count). The van der Waals surface area contributed by atoms with Gasteiger partial charge in [-0.05, 0) is 51.4 Å². The SMILES string of the molecule is Cc1cc(C)nc(Sc2c(CNC3CC3)c(C)nn2C)n1. The van der Waals surface area contributed by atoms with Crippen molar-refractivity contribution >= 4 is 11.8 Å². The second-order valence-electron chi connectivity index (χ2n) is 5.68. The monoisotopic (exact) mass is 303 g/mol. The molecule has 1 N–H and O–H groups in total. The average Bonchev–Trinajstić information content (AvgIpc) is 3.16. The van der Waals surface area contributed by atoms with Gasteiger partial charge in [0.05, 0.1) is 5.69 Å². The van der Waals surface area contributed by atoms with Crippen LogP contribution in [0.5, 0.6) is 0 Å². The Morgan fingerprint density at radius 3 is 2.52 bits per heavy atom. The van der Waals surface area contributed by atoms with E-state index >= 15 is 0 Å². The Balaban J connectivity index is 1.85. The Morgan fingerprint density at radius 1 is 1.24 bits per heavy atom. The van der Waals surface area contributed by atoms with Crippen molar-refractivity contribution in [2.75, 3.05) is 0 Å². The minimum atomic E-state index is 0.694. The summed E-state index contributed by atoms with van der Waals surface area (Å²) in [6.45, 7) is 6.94. The fourth-order valence-corrected chi connectivity index (χ4v) is 3.44. The van der Waals surface area contributed by atoms with Gasteiger partial charge in [0.1, 0.15) is 5.03 Å². The molecule has 5 nitrogen and oxygen atoms in total. The van der Waals surface area contributed by atoms with Crippen LogP contribution < -0.4 is 5.32 Å². The molecule has 0 bridgehead atoms. The van der Waals surface area contributed by atoms with Crippen LogP contribution in [0.3, 0.4) is 0 Å². The first kappa shape index (κ1) is 14.5. The van der Waals surface area contributed by atoms with Crippen LogP contribution in [0.1, 0.15) is 35.5 Å². The van der Waals surface area contributed by atoms with Gasteiger partial charge in [-0.2, -0.15) is 5.10 Å². The Morgan fingerprint density at radius 2 is 1.90 bits per heavy atom. The van der Waals surface area contributed by atoms with Gasteiger partial charge in [-0.25, -0.2) is 9.97 Å². The summed E-state index contributed by atoms with van der Waals surface area (Å²) in [5.74, 6) is 0. The van der Waals surface area contributed by atoms with Gasteiger partial charge in [-0.3, -0.25) is 4.68 Å². The zero-order valence-electron chi connectivity index (χ0n) is 13.0. The van der Waals surface area contributed by atoms with Crippen LogP contribution in [0, 0.1) is 20.8 Å². The largest absolute Gasteiger partial charge is 0.310 e. The third-order valence-electron chi connectivity index (χ3n) is 3.58. The predicted octanol–water partition coefficient (Wildman–Crippen LogP) is 2.54. The highest BCUT2D eigenvalue weighted by Gasteiger charge is 2.23. The summed E-state index contributed by atoms with van der Waals surface area (Å²) >= 11 is 1.60. The van der Waals surface area contributed by atoms with Crippen molar-refractivity contribution in [1.29, 1.82) is 0 Å². The molecule has 0 amide bonds. The number of rotatable bonds is 5. The molecule has 0 unspecified atom stereocenters. The highest BCUT2D eigenvalue weighted by molar-refractivity contribution is 7.99. The van der Waals surface area contributed by atoms with Crippen molar-refractivity contribution in [3.63, 3.8) is 0 Å². The molecular formula is C15H21N5S. The molecule has 0 saturated heterocycles. The van der Waals surface area contributed by atoms with Gasteiger partial charge in [0.25, 0.3) is 0 Å². The molecular weight excluding hydrogens is 282 g/mol. The number of hydrogen-bond donors (Lipinski definition) is 1. The fraction of sp³-hybridized carbons (Fsp3) is 0.533. The lowest BCUT2D eigenvalue weighted by molar-refractivity contribution is 0.657. The molecule has 6 heteroatoms. The van der Waals surface area contributed by atoms with Crippen LogP contribution in [-0.4, -0.2) is 25.8 Å². The molecule has 0 aliphatic heterocycles. The maximum absolute atomic E-state index is 4.55. The van der Waals surface area contributed by atoms with E-state index in [1.807, 2.05) is 31.6 Å². The zero-order chi connectivity index (χ0) is 15.0. The molecule has 1 saturated carbocycles. The van der Waals surface area contributed by atoms with Crippen LogP contribution in [0.15, 0.2) is 16.2 Å². The number of nitrogens with zero attached hydrogens (tertiary/aromatic N) is 4. The van der Waals surface area contributed by atoms with Gasteiger partial charge in [0.2, 0.25) is 0 Å². The summed E-state index contributed by atoms with van der Waals surface area (Å²) in [6, 6.07) is 2.69. The second kappa shape index (κ2) is 5.77. The quantitative estimate of drug-likeness (QED) is 0.860. The Bertz CT molecular complexity index is 640. The first-order valence-corrected chi connectivity index (χ1v) is 8.10. The van der Waals surface area contributed by atoms with Crippen molar-refractivity contribution in [3.05, 3.63) is 28.7 Å². The maximum Gasteiger partial charge on any atom is 0.194 e. The molecule has 21 heavy (non-hydrogen) atoms. The molecule has 2 heterocycles. The normalized spacial score (nSPS) is 14.7. The van der Waals surface area contributed by atoms with Gasteiger partial charge < -0.3 is 5.32 Å². The molecule has 112 valence electrons. The molecule has 0 radical (unpaired) electrons. The van der Waals surface area contributed by atoms with Crippen molar-refractivity contribution < 1.29 is 0 Å². The predicted molar refractivity (Wildman–Crippen MR) is 83.4 cm³/mol. The van der Waals surface area contributed by atoms with E-state index in [0.717, 1.165) is 33.8 Å². The highest BCUT2D eigenvalue weighted by atomic mass is 32.2. The molecule has 1 fully saturated rings. The van der Waals surface area contributed by atoms with E-state index in [0.29, 0.717) is 6.04 Å². The molecule has 0 atom stereocenters. The fourth-order valence-electron chi connectivity index (χ4n) is 2.37. The maximum atomic E-state index is 4.55. The van der Waals surface area contributed by atoms with E-state index in [2.05, 4.69) is 27.3 Å². The summed E-state index contributed by atoms with van der Waals surface area (Å²) in [4.78, 5) is 9.04. The summed E-state index contributed by atoms with van der Waals surface area (Å²) in [5.41, 5.74) is 4.35. The van der Waals surface area contributed by atoms with E-state index in [9.17, 15) is 0 Å². The second-order valence-corrected chi connectivity index (χ2v) is 6.64. The van der Waals surface area contributed by atoms with Gasteiger partial charge >= 0.3 is 0 Å². The third-order valence-corrected chi connectivity index (χ3v) is 4.65. The van der Waals surface area contributed by atoms with Crippen LogP contribution in [-0.2, 0) is 13.6 Å².